The first kappa shape index (κ1) is 12.2. The van der Waals surface area contributed by atoms with Gasteiger partial charge in [-0.2, -0.15) is 0 Å². The summed E-state index contributed by atoms with van der Waals surface area (Å²) in [5.41, 5.74) is 0. The van der Waals surface area contributed by atoms with Crippen molar-refractivity contribution in [1.29, 1.82) is 0 Å². The fourth-order valence-electron chi connectivity index (χ4n) is 2.15. The normalized spacial score (nSPS) is 33.2. The molecule has 0 amide bonds. The highest BCUT2D eigenvalue weighted by molar-refractivity contribution is 5.85. The lowest BCUT2D eigenvalue weighted by Crippen LogP contribution is -2.32. The molecule has 0 aromatic carbocycles. The van der Waals surface area contributed by atoms with Crippen LogP contribution in [-0.2, 0) is 4.74 Å². The Kier molecular flexibility index (Phi) is 5.17. The Balaban J connectivity index is 0.000000980. The maximum absolute atomic E-state index is 5.59. The zero-order valence-corrected chi connectivity index (χ0v) is 9.68. The van der Waals surface area contributed by atoms with Crippen LogP contribution >= 0.6 is 12.4 Å². The van der Waals surface area contributed by atoms with Crippen LogP contribution in [0.5, 0.6) is 0 Å². The van der Waals surface area contributed by atoms with Crippen molar-refractivity contribution in [3.63, 3.8) is 0 Å². The molecule has 1 N–H and O–H groups in total. The van der Waals surface area contributed by atoms with Crippen molar-refractivity contribution in [2.24, 2.45) is 0 Å². The van der Waals surface area contributed by atoms with E-state index in [0.29, 0.717) is 12.3 Å². The summed E-state index contributed by atoms with van der Waals surface area (Å²) >= 11 is 0. The molecule has 84 valence electrons. The van der Waals surface area contributed by atoms with E-state index in [1.807, 2.05) is 0 Å². The van der Waals surface area contributed by atoms with Gasteiger partial charge in [-0.15, -0.1) is 12.4 Å². The fraction of sp³-hybridized carbons (Fsp3) is 1.00. The maximum atomic E-state index is 5.59. The standard InChI is InChI=1S/C10H20N2O.ClH/c1-9-8-13-10(11-9)4-7-12-5-2-3-6-12;/h9-11H,2-8H2,1H3;1H. The van der Waals surface area contributed by atoms with E-state index in [0.717, 1.165) is 13.0 Å². The Morgan fingerprint density at radius 3 is 2.64 bits per heavy atom. The SMILES string of the molecule is CC1COC(CCN2CCCC2)N1.Cl. The van der Waals surface area contributed by atoms with Crippen LogP contribution < -0.4 is 5.32 Å². The molecule has 2 unspecified atom stereocenters. The third kappa shape index (κ3) is 3.39. The molecule has 0 aliphatic carbocycles. The van der Waals surface area contributed by atoms with Crippen LogP contribution in [-0.4, -0.2) is 43.4 Å². The van der Waals surface area contributed by atoms with Gasteiger partial charge in [0.1, 0.15) is 6.23 Å². The predicted octanol–water partition coefficient (Wildman–Crippen LogP) is 1.23. The minimum absolute atomic E-state index is 0. The first-order valence-electron chi connectivity index (χ1n) is 5.44. The molecule has 2 atom stereocenters. The second-order valence-electron chi connectivity index (χ2n) is 4.23. The van der Waals surface area contributed by atoms with Gasteiger partial charge < -0.3 is 9.64 Å². The van der Waals surface area contributed by atoms with E-state index in [9.17, 15) is 0 Å². The molecular weight excluding hydrogens is 200 g/mol. The molecule has 3 nitrogen and oxygen atoms in total. The number of hydrogen-bond acceptors (Lipinski definition) is 3. The first-order valence-corrected chi connectivity index (χ1v) is 5.44. The van der Waals surface area contributed by atoms with Gasteiger partial charge in [0.15, 0.2) is 0 Å². The molecule has 0 spiro atoms. The van der Waals surface area contributed by atoms with Crippen molar-refractivity contribution in [3.8, 4) is 0 Å². The number of halogens is 1. The second kappa shape index (κ2) is 5.91. The van der Waals surface area contributed by atoms with Gasteiger partial charge in [0, 0.05) is 12.6 Å². The highest BCUT2D eigenvalue weighted by atomic mass is 35.5. The number of ether oxygens (including phenoxy) is 1. The van der Waals surface area contributed by atoms with Crippen molar-refractivity contribution >= 4 is 12.4 Å². The van der Waals surface area contributed by atoms with Gasteiger partial charge in [-0.05, 0) is 39.3 Å². The van der Waals surface area contributed by atoms with Crippen LogP contribution in [0.3, 0.4) is 0 Å². The summed E-state index contributed by atoms with van der Waals surface area (Å²) < 4.78 is 5.59. The van der Waals surface area contributed by atoms with Crippen LogP contribution in [0.2, 0.25) is 0 Å². The van der Waals surface area contributed by atoms with Crippen molar-refractivity contribution in [1.82, 2.24) is 10.2 Å². The molecular formula is C10H21ClN2O. The molecule has 0 aromatic rings. The van der Waals surface area contributed by atoms with Gasteiger partial charge in [-0.1, -0.05) is 0 Å². The van der Waals surface area contributed by atoms with E-state index in [-0.39, 0.29) is 12.4 Å². The topological polar surface area (TPSA) is 24.5 Å². The maximum Gasteiger partial charge on any atom is 0.109 e. The summed E-state index contributed by atoms with van der Waals surface area (Å²) in [5, 5.41) is 3.43. The van der Waals surface area contributed by atoms with Crippen molar-refractivity contribution in [2.45, 2.75) is 38.5 Å². The average molecular weight is 221 g/mol. The summed E-state index contributed by atoms with van der Waals surface area (Å²) in [6.45, 7) is 6.84. The van der Waals surface area contributed by atoms with Gasteiger partial charge in [0.05, 0.1) is 6.61 Å². The summed E-state index contributed by atoms with van der Waals surface area (Å²) in [7, 11) is 0. The van der Waals surface area contributed by atoms with Gasteiger partial charge in [0.25, 0.3) is 0 Å². The zero-order valence-electron chi connectivity index (χ0n) is 8.87. The number of nitrogens with zero attached hydrogens (tertiary/aromatic N) is 1. The Hall–Kier alpha value is 0.170. The van der Waals surface area contributed by atoms with Gasteiger partial charge in [-0.25, -0.2) is 0 Å². The highest BCUT2D eigenvalue weighted by Gasteiger charge is 2.21. The Morgan fingerprint density at radius 1 is 1.36 bits per heavy atom. The van der Waals surface area contributed by atoms with Crippen LogP contribution in [0.1, 0.15) is 26.2 Å². The minimum atomic E-state index is 0. The van der Waals surface area contributed by atoms with Crippen molar-refractivity contribution < 1.29 is 4.74 Å². The van der Waals surface area contributed by atoms with Crippen LogP contribution in [0, 0.1) is 0 Å². The Labute approximate surface area is 92.6 Å². The lowest BCUT2D eigenvalue weighted by atomic mass is 10.3. The van der Waals surface area contributed by atoms with Crippen molar-refractivity contribution in [2.75, 3.05) is 26.2 Å². The van der Waals surface area contributed by atoms with Gasteiger partial charge in [-0.3, -0.25) is 5.32 Å². The van der Waals surface area contributed by atoms with Gasteiger partial charge >= 0.3 is 0 Å². The van der Waals surface area contributed by atoms with Crippen LogP contribution in [0.25, 0.3) is 0 Å². The number of likely N-dealkylation sites (tertiary alicyclic amines) is 1. The molecule has 4 heteroatoms. The second-order valence-corrected chi connectivity index (χ2v) is 4.23. The molecule has 0 aromatic heterocycles. The first-order chi connectivity index (χ1) is 6.34. The quantitative estimate of drug-likeness (QED) is 0.775. The summed E-state index contributed by atoms with van der Waals surface area (Å²) in [6.07, 6.45) is 4.23. The lowest BCUT2D eigenvalue weighted by Gasteiger charge is -2.17. The number of rotatable bonds is 3. The Morgan fingerprint density at radius 2 is 2.07 bits per heavy atom. The molecule has 2 aliphatic heterocycles. The van der Waals surface area contributed by atoms with E-state index in [1.54, 1.807) is 0 Å². The average Bonchev–Trinajstić information content (AvgIpc) is 2.71. The number of nitrogens with one attached hydrogen (secondary N) is 1. The highest BCUT2D eigenvalue weighted by Crippen LogP contribution is 2.11. The Bertz CT molecular complexity index is 162. The molecule has 0 saturated carbocycles. The minimum Gasteiger partial charge on any atom is -0.362 e. The van der Waals surface area contributed by atoms with Crippen molar-refractivity contribution in [3.05, 3.63) is 0 Å². The molecule has 0 bridgehead atoms. The van der Waals surface area contributed by atoms with E-state index in [2.05, 4.69) is 17.1 Å². The molecule has 0 radical (unpaired) electrons. The largest absolute Gasteiger partial charge is 0.362 e. The molecule has 2 heterocycles. The van der Waals surface area contributed by atoms with E-state index < -0.39 is 0 Å². The van der Waals surface area contributed by atoms with Gasteiger partial charge in [0.2, 0.25) is 0 Å². The smallest absolute Gasteiger partial charge is 0.109 e. The summed E-state index contributed by atoms with van der Waals surface area (Å²) in [5.74, 6) is 0. The lowest BCUT2D eigenvalue weighted by molar-refractivity contribution is 0.0846. The van der Waals surface area contributed by atoms with Crippen LogP contribution in [0.4, 0.5) is 0 Å². The molecule has 14 heavy (non-hydrogen) atoms. The van der Waals surface area contributed by atoms with E-state index >= 15 is 0 Å². The molecule has 2 rings (SSSR count). The third-order valence-electron chi connectivity index (χ3n) is 2.92. The summed E-state index contributed by atoms with van der Waals surface area (Å²) in [6, 6.07) is 0.545. The fourth-order valence-corrected chi connectivity index (χ4v) is 2.15. The predicted molar refractivity (Wildman–Crippen MR) is 59.9 cm³/mol. The van der Waals surface area contributed by atoms with E-state index in [1.165, 1.54) is 32.5 Å². The monoisotopic (exact) mass is 220 g/mol. The number of hydrogen-bond donors (Lipinski definition) is 1. The third-order valence-corrected chi connectivity index (χ3v) is 2.92. The van der Waals surface area contributed by atoms with E-state index in [4.69, 9.17) is 4.74 Å². The molecule has 2 saturated heterocycles. The van der Waals surface area contributed by atoms with Crippen LogP contribution in [0.15, 0.2) is 0 Å². The zero-order chi connectivity index (χ0) is 9.10. The molecule has 2 fully saturated rings. The molecule has 2 aliphatic rings. The summed E-state index contributed by atoms with van der Waals surface area (Å²) in [4.78, 5) is 2.54.